The Balaban J connectivity index is 0.00000420. The summed E-state index contributed by atoms with van der Waals surface area (Å²) < 4.78 is 31.9. The Morgan fingerprint density at radius 2 is 1.97 bits per heavy atom. The molecule has 2 rings (SSSR count). The van der Waals surface area contributed by atoms with E-state index in [1.165, 1.54) is 18.5 Å². The minimum atomic E-state index is -3.57. The molecule has 0 atom stereocenters. The number of benzene rings is 1. The van der Waals surface area contributed by atoms with Crippen LogP contribution >= 0.6 is 35.6 Å². The van der Waals surface area contributed by atoms with E-state index in [9.17, 15) is 8.42 Å². The maximum atomic E-state index is 12.1. The first-order chi connectivity index (χ1) is 13.5. The number of methoxy groups -OCH3 is 1. The zero-order valence-corrected chi connectivity index (χ0v) is 20.1. The van der Waals surface area contributed by atoms with Crippen LogP contribution in [0.2, 0.25) is 5.02 Å². The van der Waals surface area contributed by atoms with Gasteiger partial charge in [-0.15, -0.1) is 24.0 Å². The van der Waals surface area contributed by atoms with E-state index < -0.39 is 10.0 Å². The van der Waals surface area contributed by atoms with Crippen LogP contribution in [0.1, 0.15) is 5.56 Å². The average Bonchev–Trinajstić information content (AvgIpc) is 2.71. The number of halogens is 2. The van der Waals surface area contributed by atoms with Crippen molar-refractivity contribution in [3.63, 3.8) is 0 Å². The highest BCUT2D eigenvalue weighted by molar-refractivity contribution is 14.0. The molecule has 1 heterocycles. The van der Waals surface area contributed by atoms with Crippen molar-refractivity contribution in [1.82, 2.24) is 20.3 Å². The maximum Gasteiger partial charge on any atom is 0.242 e. The third-order valence-corrected chi connectivity index (χ3v) is 5.62. The lowest BCUT2D eigenvalue weighted by Gasteiger charge is -2.13. The monoisotopic (exact) mass is 553 g/mol. The van der Waals surface area contributed by atoms with Gasteiger partial charge in [0, 0.05) is 44.1 Å². The molecule has 8 nitrogen and oxygen atoms in total. The quantitative estimate of drug-likeness (QED) is 0.190. The zero-order chi connectivity index (χ0) is 20.4. The Kier molecular flexibility index (Phi) is 11.2. The first-order valence-electron chi connectivity index (χ1n) is 8.63. The summed E-state index contributed by atoms with van der Waals surface area (Å²) in [6.07, 6.45) is 3.53. The van der Waals surface area contributed by atoms with E-state index >= 15 is 0 Å². The van der Waals surface area contributed by atoms with Gasteiger partial charge in [0.1, 0.15) is 10.6 Å². The van der Waals surface area contributed by atoms with E-state index in [-0.39, 0.29) is 35.4 Å². The van der Waals surface area contributed by atoms with Crippen molar-refractivity contribution >= 4 is 51.6 Å². The van der Waals surface area contributed by atoms with Gasteiger partial charge in [-0.3, -0.25) is 9.98 Å². The lowest BCUT2D eigenvalue weighted by Crippen LogP contribution is -2.42. The number of rotatable bonds is 9. The van der Waals surface area contributed by atoms with E-state index in [2.05, 4.69) is 25.3 Å². The smallest absolute Gasteiger partial charge is 0.242 e. The molecule has 0 saturated carbocycles. The maximum absolute atomic E-state index is 12.1. The van der Waals surface area contributed by atoms with Crippen LogP contribution in [0, 0.1) is 0 Å². The van der Waals surface area contributed by atoms with Crippen molar-refractivity contribution in [2.24, 2.45) is 4.99 Å². The molecule has 0 bridgehead atoms. The van der Waals surface area contributed by atoms with Crippen molar-refractivity contribution in [3.05, 3.63) is 53.3 Å². The molecule has 1 aromatic carbocycles. The summed E-state index contributed by atoms with van der Waals surface area (Å²) in [5, 5.41) is 6.87. The molecule has 0 spiro atoms. The summed E-state index contributed by atoms with van der Waals surface area (Å²) in [7, 11) is -0.321. The molecule has 0 radical (unpaired) electrons. The van der Waals surface area contributed by atoms with Crippen LogP contribution in [0.4, 0.5) is 0 Å². The van der Waals surface area contributed by atoms with Gasteiger partial charge in [-0.1, -0.05) is 17.7 Å². The largest absolute Gasteiger partial charge is 0.497 e. The molecule has 0 aliphatic carbocycles. The van der Waals surface area contributed by atoms with Gasteiger partial charge in [-0.05, 0) is 36.2 Å². The number of hydrogen-bond donors (Lipinski definition) is 3. The van der Waals surface area contributed by atoms with Crippen molar-refractivity contribution in [2.45, 2.75) is 11.3 Å². The highest BCUT2D eigenvalue weighted by Crippen LogP contribution is 2.22. The topological polar surface area (TPSA) is 105 Å². The number of guanidine groups is 1. The number of pyridine rings is 1. The van der Waals surface area contributed by atoms with E-state index in [1.807, 2.05) is 12.1 Å². The van der Waals surface area contributed by atoms with E-state index in [4.69, 9.17) is 16.3 Å². The van der Waals surface area contributed by atoms with Crippen LogP contribution in [0.5, 0.6) is 5.75 Å². The number of nitrogens with one attached hydrogen (secondary N) is 3. The van der Waals surface area contributed by atoms with Gasteiger partial charge in [0.2, 0.25) is 10.0 Å². The van der Waals surface area contributed by atoms with Crippen molar-refractivity contribution < 1.29 is 13.2 Å². The van der Waals surface area contributed by atoms with Crippen LogP contribution in [0.25, 0.3) is 0 Å². The number of aromatic nitrogens is 1. The number of ether oxygens (including phenoxy) is 1. The second-order valence-electron chi connectivity index (χ2n) is 5.72. The van der Waals surface area contributed by atoms with Crippen LogP contribution in [0.3, 0.4) is 0 Å². The lowest BCUT2D eigenvalue weighted by atomic mass is 10.1. The second-order valence-corrected chi connectivity index (χ2v) is 7.89. The summed E-state index contributed by atoms with van der Waals surface area (Å²) in [4.78, 5) is 8.06. The van der Waals surface area contributed by atoms with Crippen LogP contribution in [-0.4, -0.2) is 53.2 Å². The number of hydrogen-bond acceptors (Lipinski definition) is 5. The normalized spacial score (nSPS) is 11.5. The minimum Gasteiger partial charge on any atom is -0.497 e. The Morgan fingerprint density at radius 1 is 1.21 bits per heavy atom. The molecule has 0 aliphatic heterocycles. The summed E-state index contributed by atoms with van der Waals surface area (Å²) in [6.45, 7) is 1.21. The standard InChI is InChI=1S/C18H24ClN5O3S.HI/c1-20-18(22-9-7-14-5-6-15(27-2)12-17(14)19)23-10-11-24-28(25,26)16-4-3-8-21-13-16;/h3-6,8,12-13,24H,7,9-11H2,1-2H3,(H2,20,22,23);1H. The Morgan fingerprint density at radius 3 is 2.59 bits per heavy atom. The predicted molar refractivity (Wildman–Crippen MR) is 126 cm³/mol. The van der Waals surface area contributed by atoms with Gasteiger partial charge in [0.25, 0.3) is 0 Å². The third-order valence-electron chi connectivity index (χ3n) is 3.82. The highest BCUT2D eigenvalue weighted by Gasteiger charge is 2.12. The third kappa shape index (κ3) is 8.33. The van der Waals surface area contributed by atoms with Crippen molar-refractivity contribution in [3.8, 4) is 5.75 Å². The van der Waals surface area contributed by atoms with E-state index in [0.717, 1.165) is 5.56 Å². The highest BCUT2D eigenvalue weighted by atomic mass is 127. The molecule has 0 fully saturated rings. The second kappa shape index (κ2) is 12.8. The molecule has 1 aromatic heterocycles. The molecule has 3 N–H and O–H groups in total. The van der Waals surface area contributed by atoms with Gasteiger partial charge in [-0.25, -0.2) is 13.1 Å². The molecule has 0 unspecified atom stereocenters. The fourth-order valence-electron chi connectivity index (χ4n) is 2.35. The fourth-order valence-corrected chi connectivity index (χ4v) is 3.61. The Bertz CT molecular complexity index is 898. The number of nitrogens with zero attached hydrogens (tertiary/aromatic N) is 2. The summed E-state index contributed by atoms with van der Waals surface area (Å²) >= 11 is 6.23. The molecule has 2 aromatic rings. The predicted octanol–water partition coefficient (Wildman–Crippen LogP) is 2.05. The van der Waals surface area contributed by atoms with E-state index in [1.54, 1.807) is 26.3 Å². The van der Waals surface area contributed by atoms with Crippen molar-refractivity contribution in [1.29, 1.82) is 0 Å². The molecule has 11 heteroatoms. The molecule has 0 amide bonds. The molecule has 29 heavy (non-hydrogen) atoms. The van der Waals surface area contributed by atoms with Crippen LogP contribution in [-0.2, 0) is 16.4 Å². The molecule has 0 aliphatic rings. The first kappa shape index (κ1) is 25.4. The van der Waals surface area contributed by atoms with Gasteiger partial charge in [-0.2, -0.15) is 0 Å². The van der Waals surface area contributed by atoms with Crippen LogP contribution in [0.15, 0.2) is 52.6 Å². The van der Waals surface area contributed by atoms with E-state index in [0.29, 0.717) is 36.2 Å². The number of sulfonamides is 1. The molecular formula is C18H25ClIN5O3S. The first-order valence-corrected chi connectivity index (χ1v) is 10.5. The number of aliphatic imine (C=N–C) groups is 1. The van der Waals surface area contributed by atoms with Gasteiger partial charge in [0.15, 0.2) is 5.96 Å². The summed E-state index contributed by atoms with van der Waals surface area (Å²) in [5.41, 5.74) is 0.995. The van der Waals surface area contributed by atoms with Gasteiger partial charge < -0.3 is 15.4 Å². The van der Waals surface area contributed by atoms with Crippen LogP contribution < -0.4 is 20.1 Å². The fraction of sp³-hybridized carbons (Fsp3) is 0.333. The van der Waals surface area contributed by atoms with Gasteiger partial charge in [0.05, 0.1) is 7.11 Å². The molecule has 0 saturated heterocycles. The Hall–Kier alpha value is -1.63. The molecular weight excluding hydrogens is 529 g/mol. The Labute approximate surface area is 193 Å². The minimum absolute atomic E-state index is 0. The SMILES string of the molecule is CN=C(NCCNS(=O)(=O)c1cccnc1)NCCc1ccc(OC)cc1Cl.I. The van der Waals surface area contributed by atoms with Gasteiger partial charge >= 0.3 is 0 Å². The molecule has 160 valence electrons. The van der Waals surface area contributed by atoms with Crippen molar-refractivity contribution in [2.75, 3.05) is 33.8 Å². The summed E-state index contributed by atoms with van der Waals surface area (Å²) in [5.74, 6) is 1.29. The average molecular weight is 554 g/mol. The lowest BCUT2D eigenvalue weighted by molar-refractivity contribution is 0.414. The summed E-state index contributed by atoms with van der Waals surface area (Å²) in [6, 6.07) is 8.63. The zero-order valence-electron chi connectivity index (χ0n) is 16.2.